The van der Waals surface area contributed by atoms with Crippen LogP contribution in [0.2, 0.25) is 0 Å². The highest BCUT2D eigenvalue weighted by atomic mass is 15.1. The largest absolute Gasteiger partial charge is 0.332 e. The van der Waals surface area contributed by atoms with Crippen LogP contribution in [0, 0.1) is 5.92 Å². The molecule has 0 spiro atoms. The molecule has 1 rings (SSSR count). The Morgan fingerprint density at radius 1 is 1.44 bits per heavy atom. The molecular weight excluding hydrogens is 200 g/mol. The van der Waals surface area contributed by atoms with Crippen molar-refractivity contribution in [1.82, 2.24) is 14.5 Å². The molecule has 1 heterocycles. The van der Waals surface area contributed by atoms with Gasteiger partial charge < -0.3 is 15.2 Å². The molecule has 2 N–H and O–H groups in total. The average Bonchev–Trinajstić information content (AvgIpc) is 2.61. The molecular formula is C12H24N4. The summed E-state index contributed by atoms with van der Waals surface area (Å²) in [6.07, 6.45) is 4.77. The van der Waals surface area contributed by atoms with Crippen LogP contribution in [0.1, 0.15) is 32.0 Å². The maximum atomic E-state index is 6.17. The third-order valence-electron chi connectivity index (χ3n) is 2.64. The molecule has 0 saturated heterocycles. The summed E-state index contributed by atoms with van der Waals surface area (Å²) >= 11 is 0. The lowest BCUT2D eigenvalue weighted by atomic mass is 10.0. The molecule has 0 fully saturated rings. The maximum Gasteiger partial charge on any atom is 0.0949 e. The number of likely N-dealkylation sites (N-methyl/N-ethyl adjacent to an activating group) is 1. The van der Waals surface area contributed by atoms with Crippen LogP contribution in [0.15, 0.2) is 12.5 Å². The maximum absolute atomic E-state index is 6.17. The first-order valence-corrected chi connectivity index (χ1v) is 5.91. The number of imidazole rings is 1. The van der Waals surface area contributed by atoms with Gasteiger partial charge in [0.05, 0.1) is 12.0 Å². The predicted molar refractivity (Wildman–Crippen MR) is 67.2 cm³/mol. The number of hydrogen-bond donors (Lipinski definition) is 1. The van der Waals surface area contributed by atoms with Gasteiger partial charge in [-0.25, -0.2) is 4.98 Å². The van der Waals surface area contributed by atoms with Gasteiger partial charge in [-0.15, -0.1) is 0 Å². The zero-order valence-electron chi connectivity index (χ0n) is 10.8. The van der Waals surface area contributed by atoms with Crippen LogP contribution >= 0.6 is 0 Å². The van der Waals surface area contributed by atoms with Crippen LogP contribution in [0.5, 0.6) is 0 Å². The van der Waals surface area contributed by atoms with E-state index in [1.165, 1.54) is 0 Å². The zero-order chi connectivity index (χ0) is 12.1. The van der Waals surface area contributed by atoms with Crippen LogP contribution in [-0.2, 0) is 6.54 Å². The van der Waals surface area contributed by atoms with E-state index in [0.717, 1.165) is 25.2 Å². The van der Waals surface area contributed by atoms with E-state index in [0.29, 0.717) is 5.92 Å². The van der Waals surface area contributed by atoms with Gasteiger partial charge in [0.25, 0.3) is 0 Å². The second-order valence-electron chi connectivity index (χ2n) is 5.05. The molecule has 0 aliphatic rings. The standard InChI is InChI=1S/C12H24N4/c1-10(2)7-11(13)12-8-14-9-16(12)6-5-15(3)4/h8-11H,5-7,13H2,1-4H3. The fraction of sp³-hybridized carbons (Fsp3) is 0.750. The Balaban J connectivity index is 2.62. The number of aromatic nitrogens is 2. The number of hydrogen-bond acceptors (Lipinski definition) is 3. The minimum Gasteiger partial charge on any atom is -0.332 e. The Kier molecular flexibility index (Phi) is 4.96. The molecule has 0 bridgehead atoms. The van der Waals surface area contributed by atoms with Crippen molar-refractivity contribution in [2.24, 2.45) is 11.7 Å². The fourth-order valence-corrected chi connectivity index (χ4v) is 1.76. The van der Waals surface area contributed by atoms with Gasteiger partial charge in [0.15, 0.2) is 0 Å². The number of nitrogens with two attached hydrogens (primary N) is 1. The Morgan fingerprint density at radius 3 is 2.69 bits per heavy atom. The lowest BCUT2D eigenvalue weighted by molar-refractivity contribution is 0.375. The van der Waals surface area contributed by atoms with Gasteiger partial charge in [-0.2, -0.15) is 0 Å². The lowest BCUT2D eigenvalue weighted by Gasteiger charge is -2.17. The van der Waals surface area contributed by atoms with Gasteiger partial charge in [0, 0.05) is 25.3 Å². The summed E-state index contributed by atoms with van der Waals surface area (Å²) in [4.78, 5) is 6.36. The lowest BCUT2D eigenvalue weighted by Crippen LogP contribution is -2.22. The van der Waals surface area contributed by atoms with Crippen molar-refractivity contribution >= 4 is 0 Å². The molecule has 0 aliphatic heterocycles. The summed E-state index contributed by atoms with van der Waals surface area (Å²) in [5, 5.41) is 0. The van der Waals surface area contributed by atoms with E-state index in [9.17, 15) is 0 Å². The first-order chi connectivity index (χ1) is 7.50. The van der Waals surface area contributed by atoms with Crippen LogP contribution in [0.3, 0.4) is 0 Å². The van der Waals surface area contributed by atoms with Gasteiger partial charge >= 0.3 is 0 Å². The van der Waals surface area contributed by atoms with Gasteiger partial charge in [-0.05, 0) is 26.4 Å². The zero-order valence-corrected chi connectivity index (χ0v) is 10.8. The molecule has 16 heavy (non-hydrogen) atoms. The van der Waals surface area contributed by atoms with Crippen molar-refractivity contribution in [3.63, 3.8) is 0 Å². The normalized spacial score (nSPS) is 13.7. The van der Waals surface area contributed by atoms with E-state index in [1.807, 2.05) is 12.5 Å². The predicted octanol–water partition coefficient (Wildman–Crippen LogP) is 1.49. The molecule has 0 saturated carbocycles. The highest BCUT2D eigenvalue weighted by molar-refractivity contribution is 5.04. The van der Waals surface area contributed by atoms with E-state index >= 15 is 0 Å². The minimum atomic E-state index is 0.102. The van der Waals surface area contributed by atoms with Gasteiger partial charge in [-0.1, -0.05) is 13.8 Å². The molecule has 1 atom stereocenters. The molecule has 4 heteroatoms. The van der Waals surface area contributed by atoms with Gasteiger partial charge in [0.2, 0.25) is 0 Å². The molecule has 0 radical (unpaired) electrons. The van der Waals surface area contributed by atoms with Crippen molar-refractivity contribution < 1.29 is 0 Å². The quantitative estimate of drug-likeness (QED) is 0.796. The molecule has 1 aromatic heterocycles. The Morgan fingerprint density at radius 2 is 2.12 bits per heavy atom. The van der Waals surface area contributed by atoms with Crippen molar-refractivity contribution in [2.75, 3.05) is 20.6 Å². The molecule has 92 valence electrons. The first kappa shape index (κ1) is 13.2. The molecule has 4 nitrogen and oxygen atoms in total. The number of nitrogens with zero attached hydrogens (tertiary/aromatic N) is 3. The fourth-order valence-electron chi connectivity index (χ4n) is 1.76. The Labute approximate surface area is 98.5 Å². The summed E-state index contributed by atoms with van der Waals surface area (Å²) in [5.41, 5.74) is 7.32. The van der Waals surface area contributed by atoms with Crippen LogP contribution in [0.4, 0.5) is 0 Å². The highest BCUT2D eigenvalue weighted by Gasteiger charge is 2.12. The average molecular weight is 224 g/mol. The third kappa shape index (κ3) is 3.94. The molecule has 0 aliphatic carbocycles. The van der Waals surface area contributed by atoms with E-state index in [1.54, 1.807) is 0 Å². The minimum absolute atomic E-state index is 0.102. The smallest absolute Gasteiger partial charge is 0.0949 e. The van der Waals surface area contributed by atoms with E-state index in [2.05, 4.69) is 42.4 Å². The molecule has 1 unspecified atom stereocenters. The Bertz CT molecular complexity index is 304. The summed E-state index contributed by atoms with van der Waals surface area (Å²) in [6.45, 7) is 6.35. The molecule has 1 aromatic rings. The number of rotatable bonds is 6. The van der Waals surface area contributed by atoms with Gasteiger partial charge in [0.1, 0.15) is 0 Å². The van der Waals surface area contributed by atoms with Gasteiger partial charge in [-0.3, -0.25) is 0 Å². The van der Waals surface area contributed by atoms with Crippen LogP contribution in [0.25, 0.3) is 0 Å². The molecule has 0 aromatic carbocycles. The van der Waals surface area contributed by atoms with Crippen molar-refractivity contribution in [3.05, 3.63) is 18.2 Å². The summed E-state index contributed by atoms with van der Waals surface area (Å²) in [7, 11) is 4.15. The van der Waals surface area contributed by atoms with Crippen molar-refractivity contribution in [2.45, 2.75) is 32.9 Å². The third-order valence-corrected chi connectivity index (χ3v) is 2.64. The second-order valence-corrected chi connectivity index (χ2v) is 5.05. The summed E-state index contributed by atoms with van der Waals surface area (Å²) in [6, 6.07) is 0.102. The van der Waals surface area contributed by atoms with Crippen molar-refractivity contribution in [3.8, 4) is 0 Å². The SMILES string of the molecule is CC(C)CC(N)c1cncn1CCN(C)C. The topological polar surface area (TPSA) is 47.1 Å². The van der Waals surface area contributed by atoms with E-state index in [4.69, 9.17) is 5.73 Å². The first-order valence-electron chi connectivity index (χ1n) is 5.91. The van der Waals surface area contributed by atoms with Crippen LogP contribution in [-0.4, -0.2) is 35.1 Å². The summed E-state index contributed by atoms with van der Waals surface area (Å²) < 4.78 is 2.16. The second kappa shape index (κ2) is 6.01. The summed E-state index contributed by atoms with van der Waals surface area (Å²) in [5.74, 6) is 0.618. The highest BCUT2D eigenvalue weighted by Crippen LogP contribution is 2.18. The monoisotopic (exact) mass is 224 g/mol. The molecule has 0 amide bonds. The van der Waals surface area contributed by atoms with E-state index < -0.39 is 0 Å². The van der Waals surface area contributed by atoms with Crippen LogP contribution < -0.4 is 5.73 Å². The van der Waals surface area contributed by atoms with Crippen molar-refractivity contribution in [1.29, 1.82) is 0 Å². The van der Waals surface area contributed by atoms with E-state index in [-0.39, 0.29) is 6.04 Å². The Hall–Kier alpha value is -0.870.